The third kappa shape index (κ3) is 8.97. The number of ether oxygens (including phenoxy) is 1. The zero-order valence-electron chi connectivity index (χ0n) is 21.2. The fourth-order valence-corrected chi connectivity index (χ4v) is 5.79. The third-order valence-corrected chi connectivity index (χ3v) is 8.98. The zero-order valence-corrected chi connectivity index (χ0v) is 24.4. The van der Waals surface area contributed by atoms with Crippen LogP contribution in [0.2, 0.25) is 0 Å². The minimum atomic E-state index is -4.25. The molecule has 0 aromatic heterocycles. The number of nitrogens with one attached hydrogen (secondary N) is 1. The van der Waals surface area contributed by atoms with E-state index in [1.807, 2.05) is 0 Å². The lowest BCUT2D eigenvalue weighted by Crippen LogP contribution is -2.32. The van der Waals surface area contributed by atoms with Crippen LogP contribution in [0.15, 0.2) is 93.1 Å². The first-order chi connectivity index (χ1) is 19.5. The molecule has 0 amide bonds. The minimum Gasteiger partial charge on any atom is -0.449 e. The molecular weight excluding hydrogens is 638 g/mol. The van der Waals surface area contributed by atoms with Gasteiger partial charge < -0.3 is 4.74 Å². The van der Waals surface area contributed by atoms with Crippen LogP contribution >= 0.6 is 15.9 Å². The number of nitro benzene ring substituents is 1. The van der Waals surface area contributed by atoms with Gasteiger partial charge in [-0.3, -0.25) is 10.1 Å². The van der Waals surface area contributed by atoms with Crippen molar-refractivity contribution in [2.75, 3.05) is 26.2 Å². The number of hydrogen-bond acceptors (Lipinski definition) is 8. The van der Waals surface area contributed by atoms with Crippen molar-refractivity contribution < 1.29 is 31.3 Å². The van der Waals surface area contributed by atoms with E-state index in [2.05, 4.69) is 44.3 Å². The Balaban J connectivity index is 1.69. The molecule has 0 bridgehead atoms. The van der Waals surface area contributed by atoms with Gasteiger partial charge in [0.1, 0.15) is 0 Å². The van der Waals surface area contributed by atoms with E-state index in [9.17, 15) is 31.7 Å². The average molecular weight is 661 g/mol. The van der Waals surface area contributed by atoms with Gasteiger partial charge in [0.05, 0.1) is 35.0 Å². The van der Waals surface area contributed by atoms with Crippen LogP contribution in [-0.2, 0) is 24.8 Å². The van der Waals surface area contributed by atoms with Gasteiger partial charge in [-0.25, -0.2) is 21.6 Å². The Bertz CT molecular complexity index is 1740. The molecule has 0 fully saturated rings. The Hall–Kier alpha value is -4.05. The van der Waals surface area contributed by atoms with Crippen LogP contribution in [-0.4, -0.2) is 58.3 Å². The van der Waals surface area contributed by atoms with Crippen LogP contribution in [0, 0.1) is 33.8 Å². The first-order valence-corrected chi connectivity index (χ1v) is 15.4. The summed E-state index contributed by atoms with van der Waals surface area (Å²) in [5.41, 5.74) is -0.241. The molecule has 3 rings (SSSR count). The minimum absolute atomic E-state index is 0.0168. The molecule has 0 unspecified atom stereocenters. The normalized spacial score (nSPS) is 11.1. The highest BCUT2D eigenvalue weighted by Gasteiger charge is 2.25. The molecule has 0 saturated carbocycles. The van der Waals surface area contributed by atoms with Crippen molar-refractivity contribution in [1.82, 2.24) is 9.03 Å². The Kier molecular flexibility index (Phi) is 11.2. The molecule has 1 N–H and O–H groups in total. The van der Waals surface area contributed by atoms with Crippen LogP contribution < -0.4 is 4.72 Å². The second-order valence-corrected chi connectivity index (χ2v) is 12.5. The summed E-state index contributed by atoms with van der Waals surface area (Å²) in [4.78, 5) is 21.8. The van der Waals surface area contributed by atoms with E-state index in [0.29, 0.717) is 10.0 Å². The van der Waals surface area contributed by atoms with Crippen LogP contribution in [0.5, 0.6) is 0 Å². The number of sulfonamides is 2. The lowest BCUT2D eigenvalue weighted by molar-refractivity contribution is -0.387. The maximum absolute atomic E-state index is 13.2. The van der Waals surface area contributed by atoms with Crippen molar-refractivity contribution in [3.8, 4) is 23.7 Å². The fourth-order valence-electron chi connectivity index (χ4n) is 3.19. The standard InChI is InChI=1S/C27H22BrN3O8S2/c28-23-14-16-24(17-15-23)41(37,38)30(20-8-9-21-39-27(32)22-10-2-1-3-11-22)19-7-6-18-29-40(35,36)26-13-5-4-12-25(26)31(33)34/h1-5,10-17,29H,18-21H2. The van der Waals surface area contributed by atoms with Gasteiger partial charge in [-0.2, -0.15) is 9.03 Å². The predicted molar refractivity (Wildman–Crippen MR) is 153 cm³/mol. The van der Waals surface area contributed by atoms with Gasteiger partial charge >= 0.3 is 5.97 Å². The molecule has 0 aliphatic heterocycles. The third-order valence-electron chi connectivity index (χ3n) is 5.20. The van der Waals surface area contributed by atoms with Crippen molar-refractivity contribution in [2.24, 2.45) is 0 Å². The molecule has 0 aliphatic rings. The van der Waals surface area contributed by atoms with Crippen LogP contribution in [0.4, 0.5) is 5.69 Å². The topological polar surface area (TPSA) is 153 Å². The summed E-state index contributed by atoms with van der Waals surface area (Å²) in [6.07, 6.45) is 0. The van der Waals surface area contributed by atoms with Crippen molar-refractivity contribution in [3.05, 3.63) is 99.0 Å². The lowest BCUT2D eigenvalue weighted by Gasteiger charge is -2.17. The number of rotatable bonds is 10. The fraction of sp³-hybridized carbons (Fsp3) is 0.148. The van der Waals surface area contributed by atoms with Gasteiger partial charge in [0.25, 0.3) is 5.69 Å². The molecular formula is C27H22BrN3O8S2. The number of hydrogen-bond donors (Lipinski definition) is 1. The molecule has 3 aromatic rings. The lowest BCUT2D eigenvalue weighted by atomic mass is 10.2. The van der Waals surface area contributed by atoms with E-state index in [0.717, 1.165) is 16.4 Å². The second-order valence-electron chi connectivity index (χ2n) is 7.93. The number of carbonyl (C=O) groups is 1. The maximum Gasteiger partial charge on any atom is 0.339 e. The Morgan fingerprint density at radius 1 is 0.878 bits per heavy atom. The molecule has 0 heterocycles. The number of nitro groups is 1. The summed E-state index contributed by atoms with van der Waals surface area (Å²) in [6.45, 7) is -1.33. The van der Waals surface area contributed by atoms with Gasteiger partial charge in [-0.1, -0.05) is 69.9 Å². The van der Waals surface area contributed by atoms with Crippen LogP contribution in [0.1, 0.15) is 10.4 Å². The van der Waals surface area contributed by atoms with Crippen molar-refractivity contribution >= 4 is 47.6 Å². The summed E-state index contributed by atoms with van der Waals surface area (Å²) in [7, 11) is -8.31. The summed E-state index contributed by atoms with van der Waals surface area (Å²) in [5.74, 6) is 9.78. The van der Waals surface area contributed by atoms with Crippen molar-refractivity contribution in [1.29, 1.82) is 0 Å². The first-order valence-electron chi connectivity index (χ1n) is 11.6. The molecule has 41 heavy (non-hydrogen) atoms. The van der Waals surface area contributed by atoms with Crippen molar-refractivity contribution in [3.63, 3.8) is 0 Å². The average Bonchev–Trinajstić information content (AvgIpc) is 2.96. The van der Waals surface area contributed by atoms with E-state index in [4.69, 9.17) is 4.74 Å². The summed E-state index contributed by atoms with van der Waals surface area (Å²) >= 11 is 3.25. The quantitative estimate of drug-likeness (QED) is 0.151. The maximum atomic E-state index is 13.2. The molecule has 3 aromatic carbocycles. The summed E-state index contributed by atoms with van der Waals surface area (Å²) in [5, 5.41) is 11.2. The van der Waals surface area contributed by atoms with Gasteiger partial charge in [0, 0.05) is 10.5 Å². The van der Waals surface area contributed by atoms with E-state index < -0.39 is 48.1 Å². The van der Waals surface area contributed by atoms with Crippen molar-refractivity contribution in [2.45, 2.75) is 9.79 Å². The Labute approximate surface area is 245 Å². The highest BCUT2D eigenvalue weighted by atomic mass is 79.9. The highest BCUT2D eigenvalue weighted by molar-refractivity contribution is 9.10. The Morgan fingerprint density at radius 3 is 2.15 bits per heavy atom. The van der Waals surface area contributed by atoms with Gasteiger partial charge in [-0.05, 0) is 42.5 Å². The number of esters is 1. The van der Waals surface area contributed by atoms with Crippen LogP contribution in [0.25, 0.3) is 0 Å². The first kappa shape index (κ1) is 31.5. The number of para-hydroxylation sites is 1. The Morgan fingerprint density at radius 2 is 1.49 bits per heavy atom. The van der Waals surface area contributed by atoms with Crippen LogP contribution in [0.3, 0.4) is 0 Å². The monoisotopic (exact) mass is 659 g/mol. The number of benzene rings is 3. The number of halogens is 1. The molecule has 0 spiro atoms. The summed E-state index contributed by atoms with van der Waals surface area (Å²) < 4.78 is 60.4. The van der Waals surface area contributed by atoms with Gasteiger partial charge in [0.15, 0.2) is 11.5 Å². The van der Waals surface area contributed by atoms with E-state index in [1.165, 1.54) is 24.3 Å². The van der Waals surface area contributed by atoms with E-state index >= 15 is 0 Å². The molecule has 0 atom stereocenters. The number of nitrogens with zero attached hydrogens (tertiary/aromatic N) is 2. The SMILES string of the molecule is O=C(OCC#CCN(CC#CCNS(=O)(=O)c1ccccc1[N+](=O)[O-])S(=O)(=O)c1ccc(Br)cc1)c1ccccc1. The largest absolute Gasteiger partial charge is 0.449 e. The highest BCUT2D eigenvalue weighted by Crippen LogP contribution is 2.22. The summed E-state index contributed by atoms with van der Waals surface area (Å²) in [6, 6.07) is 19.1. The molecule has 11 nitrogen and oxygen atoms in total. The molecule has 0 radical (unpaired) electrons. The second kappa shape index (κ2) is 14.5. The molecule has 212 valence electrons. The van der Waals surface area contributed by atoms with Gasteiger partial charge in [-0.15, -0.1) is 0 Å². The molecule has 14 heteroatoms. The zero-order chi connectivity index (χ0) is 29.9. The molecule has 0 aliphatic carbocycles. The smallest absolute Gasteiger partial charge is 0.339 e. The molecule has 0 saturated heterocycles. The van der Waals surface area contributed by atoms with E-state index in [1.54, 1.807) is 42.5 Å². The predicted octanol–water partition coefficient (Wildman–Crippen LogP) is 3.19. The number of carbonyl (C=O) groups excluding carboxylic acids is 1. The van der Waals surface area contributed by atoms with E-state index in [-0.39, 0.29) is 24.6 Å². The van der Waals surface area contributed by atoms with Gasteiger partial charge in [0.2, 0.25) is 20.0 Å².